The lowest BCUT2D eigenvalue weighted by atomic mass is 9.63. The van der Waals surface area contributed by atoms with Gasteiger partial charge < -0.3 is 15.3 Å². The first-order chi connectivity index (χ1) is 15.8. The Hall–Kier alpha value is -1.30. The molecule has 0 radical (unpaired) electrons. The average molecular weight is 470 g/mol. The summed E-state index contributed by atoms with van der Waals surface area (Å²) in [7, 11) is 0. The third-order valence-electron chi connectivity index (χ3n) is 7.83. The maximum atomic E-state index is 8.96. The van der Waals surface area contributed by atoms with Crippen LogP contribution >= 0.6 is 11.8 Å². The zero-order chi connectivity index (χ0) is 23.5. The Labute approximate surface area is 205 Å². The number of unbranched alkanes of at least 4 members (excludes halogenated alkanes) is 1. The molecule has 1 saturated heterocycles. The summed E-state index contributed by atoms with van der Waals surface area (Å²) in [5.41, 5.74) is 4.93. The van der Waals surface area contributed by atoms with Gasteiger partial charge in [0.15, 0.2) is 5.17 Å². The fourth-order valence-electron chi connectivity index (χ4n) is 5.43. The van der Waals surface area contributed by atoms with Crippen LogP contribution in [0.3, 0.4) is 0 Å². The number of thioether (sulfide) groups is 1. The molecular weight excluding hydrogens is 426 g/mol. The first kappa shape index (κ1) is 24.8. The number of fused-ring (bicyclic) bond motifs is 1. The lowest BCUT2D eigenvalue weighted by Crippen LogP contribution is -2.44. The van der Waals surface area contributed by atoms with Gasteiger partial charge in [0.25, 0.3) is 0 Å². The lowest BCUT2D eigenvalue weighted by Gasteiger charge is -2.42. The van der Waals surface area contributed by atoms with Gasteiger partial charge in [-0.25, -0.2) is 0 Å². The van der Waals surface area contributed by atoms with E-state index in [1.807, 2.05) is 11.8 Å². The van der Waals surface area contributed by atoms with E-state index in [0.717, 1.165) is 45.4 Å². The molecule has 5 heteroatoms. The van der Waals surface area contributed by atoms with Crippen molar-refractivity contribution >= 4 is 21.8 Å². The summed E-state index contributed by atoms with van der Waals surface area (Å²) in [5, 5.41) is 13.8. The highest BCUT2D eigenvalue weighted by molar-refractivity contribution is 8.21. The summed E-state index contributed by atoms with van der Waals surface area (Å²) in [5.74, 6) is 0. The molecule has 2 heterocycles. The van der Waals surface area contributed by atoms with Crippen molar-refractivity contribution in [2.45, 2.75) is 89.5 Å². The number of hydrogen-bond donors (Lipinski definition) is 2. The summed E-state index contributed by atoms with van der Waals surface area (Å²) >= 11 is 1.88. The summed E-state index contributed by atoms with van der Waals surface area (Å²) in [4.78, 5) is 8.85. The van der Waals surface area contributed by atoms with E-state index in [0.29, 0.717) is 12.6 Å². The van der Waals surface area contributed by atoms with Crippen molar-refractivity contribution < 1.29 is 5.11 Å². The van der Waals surface area contributed by atoms with Crippen molar-refractivity contribution in [3.8, 4) is 0 Å². The molecule has 0 amide bonds. The minimum absolute atomic E-state index is 0.236. The van der Waals surface area contributed by atoms with Gasteiger partial charge in [0, 0.05) is 37.2 Å². The number of nitrogens with zero attached hydrogens (tertiary/aromatic N) is 2. The number of amidine groups is 1. The van der Waals surface area contributed by atoms with Crippen molar-refractivity contribution in [1.29, 1.82) is 0 Å². The molecule has 2 aliphatic heterocycles. The van der Waals surface area contributed by atoms with E-state index in [2.05, 4.69) is 62.2 Å². The van der Waals surface area contributed by atoms with Crippen LogP contribution < -0.4 is 5.32 Å². The molecule has 33 heavy (non-hydrogen) atoms. The highest BCUT2D eigenvalue weighted by Gasteiger charge is 2.37. The molecule has 2 N–H and O–H groups in total. The van der Waals surface area contributed by atoms with Gasteiger partial charge in [-0.1, -0.05) is 57.7 Å². The first-order valence-corrected chi connectivity index (χ1v) is 13.8. The second kappa shape index (κ2) is 10.5. The highest BCUT2D eigenvalue weighted by atomic mass is 32.2. The molecule has 0 aromatic heterocycles. The summed E-state index contributed by atoms with van der Waals surface area (Å²) in [6, 6.07) is 7.84. The molecule has 1 fully saturated rings. The van der Waals surface area contributed by atoms with Crippen molar-refractivity contribution in [2.24, 2.45) is 4.99 Å². The number of aliphatic hydroxyl groups is 1. The van der Waals surface area contributed by atoms with Crippen LogP contribution in [-0.4, -0.2) is 54.0 Å². The van der Waals surface area contributed by atoms with Crippen LogP contribution in [0.5, 0.6) is 0 Å². The number of nitrogens with one attached hydrogen (secondary N) is 1. The van der Waals surface area contributed by atoms with Crippen LogP contribution in [0.15, 0.2) is 29.3 Å². The summed E-state index contributed by atoms with van der Waals surface area (Å²) in [6.45, 7) is 14.0. The fourth-order valence-corrected chi connectivity index (χ4v) is 6.54. The van der Waals surface area contributed by atoms with E-state index in [9.17, 15) is 0 Å². The van der Waals surface area contributed by atoms with Crippen LogP contribution in [0.25, 0.3) is 4.91 Å². The number of aliphatic hydroxyl groups excluding tert-OH is 1. The summed E-state index contributed by atoms with van der Waals surface area (Å²) < 4.78 is 0. The van der Waals surface area contributed by atoms with E-state index in [1.54, 1.807) is 0 Å². The molecule has 1 aliphatic carbocycles. The Balaban J connectivity index is 1.43. The molecule has 0 saturated carbocycles. The second-order valence-corrected chi connectivity index (χ2v) is 12.3. The summed E-state index contributed by atoms with van der Waals surface area (Å²) in [6.07, 6.45) is 10.2. The van der Waals surface area contributed by atoms with Crippen molar-refractivity contribution in [3.63, 3.8) is 0 Å². The van der Waals surface area contributed by atoms with Crippen molar-refractivity contribution in [3.05, 3.63) is 41.0 Å². The second-order valence-electron chi connectivity index (χ2n) is 11.3. The average Bonchev–Trinajstić information content (AvgIpc) is 3.07. The zero-order valence-corrected chi connectivity index (χ0v) is 21.9. The predicted octanol–water partition coefficient (Wildman–Crippen LogP) is 5.70. The smallest absolute Gasteiger partial charge is 0.164 e. The molecule has 4 rings (SSSR count). The standard InChI is InChI=1S/C28H43N3OS/c1-27(2)13-14-28(3,4)24-20-21(9-10-23(24)27)25-8-7-16-30-26(33-25)31-17-11-22(12-18-31)29-15-5-6-19-32/h8-10,20,22,29,32H,5-7,11-19H2,1-4H3. The first-order valence-electron chi connectivity index (χ1n) is 13.0. The number of rotatable bonds is 6. The Bertz CT molecular complexity index is 881. The monoisotopic (exact) mass is 469 g/mol. The SMILES string of the molecule is CC1(C)CCC(C)(C)c2cc(C3=CCCN=C(N4CCC(NCCCCO)CC4)S3)ccc21. The predicted molar refractivity (Wildman–Crippen MR) is 143 cm³/mol. The quantitative estimate of drug-likeness (QED) is 0.525. The highest BCUT2D eigenvalue weighted by Crippen LogP contribution is 2.47. The molecule has 1 aromatic rings. The topological polar surface area (TPSA) is 47.9 Å². The maximum Gasteiger partial charge on any atom is 0.164 e. The van der Waals surface area contributed by atoms with Gasteiger partial charge in [0.1, 0.15) is 0 Å². The minimum Gasteiger partial charge on any atom is -0.396 e. The van der Waals surface area contributed by atoms with Gasteiger partial charge >= 0.3 is 0 Å². The largest absolute Gasteiger partial charge is 0.396 e. The molecule has 0 atom stereocenters. The van der Waals surface area contributed by atoms with Gasteiger partial charge in [-0.2, -0.15) is 0 Å². The molecule has 3 aliphatic rings. The Morgan fingerprint density at radius 2 is 1.79 bits per heavy atom. The normalized spacial score (nSPS) is 22.9. The third-order valence-corrected chi connectivity index (χ3v) is 9.02. The van der Waals surface area contributed by atoms with Crippen LogP contribution in [0, 0.1) is 0 Å². The molecule has 0 spiro atoms. The molecule has 4 nitrogen and oxygen atoms in total. The Kier molecular flexibility index (Phi) is 7.92. The van der Waals surface area contributed by atoms with Crippen LogP contribution in [0.2, 0.25) is 0 Å². The van der Waals surface area contributed by atoms with Gasteiger partial charge in [-0.3, -0.25) is 4.99 Å². The van der Waals surface area contributed by atoms with Crippen molar-refractivity contribution in [2.75, 3.05) is 32.8 Å². The van der Waals surface area contributed by atoms with E-state index in [1.165, 1.54) is 52.4 Å². The lowest BCUT2D eigenvalue weighted by molar-refractivity contribution is 0.269. The molecule has 0 bridgehead atoms. The van der Waals surface area contributed by atoms with E-state index in [4.69, 9.17) is 10.1 Å². The molecule has 0 unspecified atom stereocenters. The van der Waals surface area contributed by atoms with Crippen LogP contribution in [0.4, 0.5) is 0 Å². The van der Waals surface area contributed by atoms with E-state index in [-0.39, 0.29) is 10.8 Å². The number of likely N-dealkylation sites (tertiary alicyclic amines) is 1. The Morgan fingerprint density at radius 1 is 1.06 bits per heavy atom. The van der Waals surface area contributed by atoms with Gasteiger partial charge in [0.05, 0.1) is 0 Å². The third kappa shape index (κ3) is 5.86. The molecule has 1 aromatic carbocycles. The van der Waals surface area contributed by atoms with Crippen LogP contribution in [-0.2, 0) is 10.8 Å². The van der Waals surface area contributed by atoms with Crippen molar-refractivity contribution in [1.82, 2.24) is 10.2 Å². The van der Waals surface area contributed by atoms with E-state index >= 15 is 0 Å². The number of piperidine rings is 1. The molecular formula is C28H43N3OS. The maximum absolute atomic E-state index is 8.96. The van der Waals surface area contributed by atoms with Gasteiger partial charge in [-0.05, 0) is 85.1 Å². The Morgan fingerprint density at radius 3 is 2.52 bits per heavy atom. The minimum atomic E-state index is 0.236. The van der Waals surface area contributed by atoms with Gasteiger partial charge in [-0.15, -0.1) is 0 Å². The molecule has 182 valence electrons. The number of benzene rings is 1. The fraction of sp³-hybridized carbons (Fsp3) is 0.679. The number of hydrogen-bond acceptors (Lipinski definition) is 5. The number of aliphatic imine (C=N–C) groups is 1. The zero-order valence-electron chi connectivity index (χ0n) is 21.1. The van der Waals surface area contributed by atoms with Crippen LogP contribution in [0.1, 0.15) is 89.3 Å². The van der Waals surface area contributed by atoms with E-state index < -0.39 is 0 Å². The van der Waals surface area contributed by atoms with Gasteiger partial charge in [0.2, 0.25) is 0 Å².